The van der Waals surface area contributed by atoms with Crippen LogP contribution in [0.2, 0.25) is 10.0 Å². The molecule has 1 aromatic carbocycles. The third-order valence-electron chi connectivity index (χ3n) is 2.53. The molecule has 0 bridgehead atoms. The van der Waals surface area contributed by atoms with Gasteiger partial charge in [0, 0.05) is 18.5 Å². The van der Waals surface area contributed by atoms with Crippen molar-refractivity contribution in [3.8, 4) is 0 Å². The van der Waals surface area contributed by atoms with Gasteiger partial charge in [-0.05, 0) is 12.1 Å². The number of nitrogens with zero attached hydrogens (tertiary/aromatic N) is 1. The van der Waals surface area contributed by atoms with Crippen LogP contribution in [-0.2, 0) is 7.05 Å². The fraction of sp³-hybridized carbons (Fsp3) is 0.0909. The van der Waals surface area contributed by atoms with Crippen molar-refractivity contribution in [2.75, 3.05) is 0 Å². The highest BCUT2D eigenvalue weighted by molar-refractivity contribution is 6.42. The average molecular weight is 272 g/mol. The Morgan fingerprint density at radius 1 is 1.35 bits per heavy atom. The molecule has 0 saturated carbocycles. The molecule has 0 fully saturated rings. The number of fused-ring (bicyclic) bond motifs is 1. The molecule has 1 N–H and O–H groups in total. The number of aromatic nitrogens is 1. The Morgan fingerprint density at radius 2 is 2.00 bits per heavy atom. The van der Waals surface area contributed by atoms with Gasteiger partial charge in [0.25, 0.3) is 5.56 Å². The van der Waals surface area contributed by atoms with E-state index >= 15 is 0 Å². The highest BCUT2D eigenvalue weighted by atomic mass is 35.5. The van der Waals surface area contributed by atoms with Crippen molar-refractivity contribution in [2.24, 2.45) is 7.05 Å². The van der Waals surface area contributed by atoms with Crippen LogP contribution in [0.1, 0.15) is 10.4 Å². The highest BCUT2D eigenvalue weighted by Gasteiger charge is 2.17. The van der Waals surface area contributed by atoms with Gasteiger partial charge in [-0.25, -0.2) is 4.79 Å². The minimum atomic E-state index is -1.20. The van der Waals surface area contributed by atoms with Crippen molar-refractivity contribution >= 4 is 40.1 Å². The summed E-state index contributed by atoms with van der Waals surface area (Å²) in [6.07, 6.45) is 0. The number of hydrogen-bond acceptors (Lipinski definition) is 2. The number of aryl methyl sites for hydroxylation is 1. The van der Waals surface area contributed by atoms with E-state index in [0.717, 1.165) is 0 Å². The lowest BCUT2D eigenvalue weighted by atomic mass is 10.1. The van der Waals surface area contributed by atoms with E-state index in [1.54, 1.807) is 7.05 Å². The van der Waals surface area contributed by atoms with E-state index in [1.165, 1.54) is 22.8 Å². The topological polar surface area (TPSA) is 59.3 Å². The zero-order valence-electron chi connectivity index (χ0n) is 8.70. The first-order valence-electron chi connectivity index (χ1n) is 4.64. The number of rotatable bonds is 1. The lowest BCUT2D eigenvalue weighted by molar-refractivity contribution is 0.0697. The molecular weight excluding hydrogens is 265 g/mol. The second-order valence-corrected chi connectivity index (χ2v) is 4.30. The molecule has 0 aliphatic rings. The maximum absolute atomic E-state index is 11.4. The Balaban J connectivity index is 3.01. The van der Waals surface area contributed by atoms with E-state index in [0.29, 0.717) is 10.9 Å². The van der Waals surface area contributed by atoms with Gasteiger partial charge in [-0.15, -0.1) is 0 Å². The Kier molecular flexibility index (Phi) is 2.85. The molecule has 0 aliphatic carbocycles. The summed E-state index contributed by atoms with van der Waals surface area (Å²) in [4.78, 5) is 22.4. The summed E-state index contributed by atoms with van der Waals surface area (Å²) in [5.74, 6) is -1.20. The summed E-state index contributed by atoms with van der Waals surface area (Å²) < 4.78 is 1.36. The molecule has 88 valence electrons. The van der Waals surface area contributed by atoms with E-state index in [1.807, 2.05) is 0 Å². The SMILES string of the molecule is Cn1c(=O)ccc2c(Cl)c(C(=O)O)c(Cl)cc21. The van der Waals surface area contributed by atoms with Crippen molar-refractivity contribution in [1.82, 2.24) is 4.57 Å². The minimum Gasteiger partial charge on any atom is -0.478 e. The Morgan fingerprint density at radius 3 is 2.59 bits per heavy atom. The first kappa shape index (κ1) is 12.0. The van der Waals surface area contributed by atoms with Gasteiger partial charge < -0.3 is 9.67 Å². The van der Waals surface area contributed by atoms with Crippen LogP contribution in [0.25, 0.3) is 10.9 Å². The van der Waals surface area contributed by atoms with Gasteiger partial charge in [0.05, 0.1) is 21.1 Å². The largest absolute Gasteiger partial charge is 0.478 e. The molecular formula is C11H7Cl2NO3. The molecule has 2 rings (SSSR count). The number of hydrogen-bond donors (Lipinski definition) is 1. The van der Waals surface area contributed by atoms with Gasteiger partial charge in [0.2, 0.25) is 0 Å². The molecule has 0 spiro atoms. The van der Waals surface area contributed by atoms with Gasteiger partial charge in [0.15, 0.2) is 0 Å². The van der Waals surface area contributed by atoms with Crippen LogP contribution in [0.4, 0.5) is 0 Å². The number of carbonyl (C=O) groups is 1. The molecule has 0 radical (unpaired) electrons. The smallest absolute Gasteiger partial charge is 0.338 e. The first-order valence-corrected chi connectivity index (χ1v) is 5.40. The van der Waals surface area contributed by atoms with E-state index in [4.69, 9.17) is 28.3 Å². The molecule has 4 nitrogen and oxygen atoms in total. The quantitative estimate of drug-likeness (QED) is 0.867. The zero-order chi connectivity index (χ0) is 12.7. The fourth-order valence-corrected chi connectivity index (χ4v) is 2.31. The van der Waals surface area contributed by atoms with Gasteiger partial charge >= 0.3 is 5.97 Å². The number of pyridine rings is 1. The van der Waals surface area contributed by atoms with Gasteiger partial charge in [-0.1, -0.05) is 23.2 Å². The molecule has 0 aliphatic heterocycles. The summed E-state index contributed by atoms with van der Waals surface area (Å²) in [5, 5.41) is 9.52. The lowest BCUT2D eigenvalue weighted by Gasteiger charge is -2.09. The average Bonchev–Trinajstić information content (AvgIpc) is 2.23. The second-order valence-electron chi connectivity index (χ2n) is 3.52. The van der Waals surface area contributed by atoms with E-state index in [-0.39, 0.29) is 21.2 Å². The number of carboxylic acid groups (broad SMARTS) is 1. The maximum Gasteiger partial charge on any atom is 0.338 e. The number of aromatic carboxylic acids is 1. The summed E-state index contributed by atoms with van der Waals surface area (Å²) >= 11 is 11.8. The van der Waals surface area contributed by atoms with Crippen LogP contribution in [0, 0.1) is 0 Å². The molecule has 6 heteroatoms. The normalized spacial score (nSPS) is 10.8. The van der Waals surface area contributed by atoms with Gasteiger partial charge in [-0.3, -0.25) is 4.79 Å². The molecule has 17 heavy (non-hydrogen) atoms. The highest BCUT2D eigenvalue weighted by Crippen LogP contribution is 2.32. The predicted molar refractivity (Wildman–Crippen MR) is 66.2 cm³/mol. The summed E-state index contributed by atoms with van der Waals surface area (Å²) in [7, 11) is 1.57. The van der Waals surface area contributed by atoms with Crippen molar-refractivity contribution in [1.29, 1.82) is 0 Å². The molecule has 0 saturated heterocycles. The Hall–Kier alpha value is -1.52. The fourth-order valence-electron chi connectivity index (χ4n) is 1.64. The number of benzene rings is 1. The van der Waals surface area contributed by atoms with Crippen LogP contribution in [-0.4, -0.2) is 15.6 Å². The molecule has 2 aromatic rings. The van der Waals surface area contributed by atoms with Crippen LogP contribution < -0.4 is 5.56 Å². The van der Waals surface area contributed by atoms with Crippen molar-refractivity contribution in [3.05, 3.63) is 44.2 Å². The lowest BCUT2D eigenvalue weighted by Crippen LogP contribution is -2.15. The third-order valence-corrected chi connectivity index (χ3v) is 3.22. The minimum absolute atomic E-state index is 0.0104. The van der Waals surface area contributed by atoms with E-state index in [9.17, 15) is 9.59 Å². The van der Waals surface area contributed by atoms with Crippen LogP contribution in [0.5, 0.6) is 0 Å². The van der Waals surface area contributed by atoms with Crippen LogP contribution in [0.3, 0.4) is 0 Å². The maximum atomic E-state index is 11.4. The molecule has 0 unspecified atom stereocenters. The molecule has 0 amide bonds. The van der Waals surface area contributed by atoms with E-state index < -0.39 is 5.97 Å². The van der Waals surface area contributed by atoms with Crippen LogP contribution in [0.15, 0.2) is 23.0 Å². The van der Waals surface area contributed by atoms with Gasteiger partial charge in [-0.2, -0.15) is 0 Å². The van der Waals surface area contributed by atoms with E-state index in [2.05, 4.69) is 0 Å². The molecule has 1 heterocycles. The summed E-state index contributed by atoms with van der Waals surface area (Å²) in [6, 6.07) is 4.24. The standard InChI is InChI=1S/C11H7Cl2NO3/c1-14-7-4-6(12)9(11(16)17)10(13)5(7)2-3-8(14)15/h2-4H,1H3,(H,16,17). The summed E-state index contributed by atoms with van der Waals surface area (Å²) in [6.45, 7) is 0. The molecule has 1 aromatic heterocycles. The second kappa shape index (κ2) is 4.05. The van der Waals surface area contributed by atoms with Crippen molar-refractivity contribution < 1.29 is 9.90 Å². The van der Waals surface area contributed by atoms with Crippen molar-refractivity contribution in [2.45, 2.75) is 0 Å². The third kappa shape index (κ3) is 1.79. The Bertz CT molecular complexity index is 691. The zero-order valence-corrected chi connectivity index (χ0v) is 10.2. The van der Waals surface area contributed by atoms with Crippen molar-refractivity contribution in [3.63, 3.8) is 0 Å². The van der Waals surface area contributed by atoms with Crippen LogP contribution >= 0.6 is 23.2 Å². The molecule has 0 atom stereocenters. The summed E-state index contributed by atoms with van der Waals surface area (Å²) in [5.41, 5.74) is 0.129. The van der Waals surface area contributed by atoms with Gasteiger partial charge in [0.1, 0.15) is 0 Å². The Labute approximate surface area is 106 Å². The monoisotopic (exact) mass is 271 g/mol. The predicted octanol–water partition coefficient (Wildman–Crippen LogP) is 2.54. The first-order chi connectivity index (χ1) is 7.93. The number of carboxylic acids is 1. The number of halogens is 2.